The van der Waals surface area contributed by atoms with Crippen molar-refractivity contribution < 1.29 is 0 Å². The third-order valence-corrected chi connectivity index (χ3v) is 3.21. The van der Waals surface area contributed by atoms with Gasteiger partial charge in [0.05, 0.1) is 12.2 Å². The summed E-state index contributed by atoms with van der Waals surface area (Å²) >= 11 is 0. The van der Waals surface area contributed by atoms with E-state index in [9.17, 15) is 0 Å². The second-order valence-corrected chi connectivity index (χ2v) is 4.91. The minimum absolute atomic E-state index is 0. The fraction of sp³-hybridized carbons (Fsp3) is 0.714. The molecule has 6 heteroatoms. The van der Waals surface area contributed by atoms with Crippen LogP contribution in [0.3, 0.4) is 0 Å². The molecule has 1 atom stereocenters. The number of halogens is 1. The predicted molar refractivity (Wildman–Crippen MR) is 95.6 cm³/mol. The minimum Gasteiger partial charge on any atom is -0.354 e. The van der Waals surface area contributed by atoms with Crippen molar-refractivity contribution >= 4 is 29.9 Å². The first-order valence-electron chi connectivity index (χ1n) is 7.11. The normalized spacial score (nSPS) is 12.7. The number of hydrogen-bond acceptors (Lipinski definition) is 2. The molecule has 0 saturated carbocycles. The number of aryl methyl sites for hydroxylation is 1. The van der Waals surface area contributed by atoms with Gasteiger partial charge in [-0.05, 0) is 19.4 Å². The molecule has 20 heavy (non-hydrogen) atoms. The minimum atomic E-state index is 0. The number of hydrogen-bond donors (Lipinski definition) is 2. The van der Waals surface area contributed by atoms with E-state index in [-0.39, 0.29) is 24.0 Å². The number of rotatable bonds is 7. The zero-order valence-electron chi connectivity index (χ0n) is 13.0. The van der Waals surface area contributed by atoms with Crippen LogP contribution in [-0.4, -0.2) is 28.8 Å². The molecule has 1 heterocycles. The number of nitrogens with one attached hydrogen (secondary N) is 2. The lowest BCUT2D eigenvalue weighted by Gasteiger charge is -2.17. The number of guanidine groups is 1. The first kappa shape index (κ1) is 19.2. The summed E-state index contributed by atoms with van der Waals surface area (Å²) in [6, 6.07) is 2.45. The highest BCUT2D eigenvalue weighted by Crippen LogP contribution is 2.02. The summed E-state index contributed by atoms with van der Waals surface area (Å²) in [4.78, 5) is 4.25. The third-order valence-electron chi connectivity index (χ3n) is 3.21. The van der Waals surface area contributed by atoms with E-state index in [2.05, 4.69) is 34.6 Å². The van der Waals surface area contributed by atoms with E-state index < -0.39 is 0 Å². The van der Waals surface area contributed by atoms with E-state index in [1.54, 1.807) is 13.2 Å². The molecule has 0 fully saturated rings. The van der Waals surface area contributed by atoms with Gasteiger partial charge >= 0.3 is 0 Å². The van der Waals surface area contributed by atoms with E-state index >= 15 is 0 Å². The van der Waals surface area contributed by atoms with Gasteiger partial charge in [0.1, 0.15) is 0 Å². The van der Waals surface area contributed by atoms with Gasteiger partial charge in [0.2, 0.25) is 0 Å². The zero-order chi connectivity index (χ0) is 14.1. The lowest BCUT2D eigenvalue weighted by Crippen LogP contribution is -2.42. The molecular weight excluding hydrogens is 365 g/mol. The molecule has 0 aromatic carbocycles. The highest BCUT2D eigenvalue weighted by atomic mass is 127. The quantitative estimate of drug-likeness (QED) is 0.324. The van der Waals surface area contributed by atoms with Crippen LogP contribution in [0.4, 0.5) is 0 Å². The van der Waals surface area contributed by atoms with Gasteiger partial charge in [-0.15, -0.1) is 24.0 Å². The Hall–Kier alpha value is -0.790. The second kappa shape index (κ2) is 10.9. The topological polar surface area (TPSA) is 54.2 Å². The summed E-state index contributed by atoms with van der Waals surface area (Å²) in [5.41, 5.74) is 1.14. The van der Waals surface area contributed by atoms with Gasteiger partial charge < -0.3 is 10.6 Å². The van der Waals surface area contributed by atoms with E-state index in [1.807, 2.05) is 17.8 Å². The molecule has 0 amide bonds. The summed E-state index contributed by atoms with van der Waals surface area (Å²) in [5.74, 6) is 0.852. The number of aromatic nitrogens is 2. The maximum absolute atomic E-state index is 4.25. The lowest BCUT2D eigenvalue weighted by molar-refractivity contribution is 0.545. The maximum atomic E-state index is 4.25. The fourth-order valence-electron chi connectivity index (χ4n) is 1.95. The van der Waals surface area contributed by atoms with E-state index in [1.165, 1.54) is 25.7 Å². The Morgan fingerprint density at radius 3 is 2.75 bits per heavy atom. The summed E-state index contributed by atoms with van der Waals surface area (Å²) < 4.78 is 1.87. The molecule has 0 aliphatic heterocycles. The molecule has 0 aliphatic carbocycles. The van der Waals surface area contributed by atoms with Gasteiger partial charge in [-0.2, -0.15) is 5.10 Å². The van der Waals surface area contributed by atoms with Crippen LogP contribution in [0.25, 0.3) is 0 Å². The Morgan fingerprint density at radius 2 is 2.20 bits per heavy atom. The summed E-state index contributed by atoms with van der Waals surface area (Å²) in [5, 5.41) is 10.9. The van der Waals surface area contributed by atoms with Crippen molar-refractivity contribution in [2.75, 3.05) is 7.05 Å². The molecule has 116 valence electrons. The smallest absolute Gasteiger partial charge is 0.191 e. The summed E-state index contributed by atoms with van der Waals surface area (Å²) in [6.45, 7) is 5.16. The first-order chi connectivity index (χ1) is 9.17. The average Bonchev–Trinajstić information content (AvgIpc) is 2.80. The first-order valence-corrected chi connectivity index (χ1v) is 7.11. The van der Waals surface area contributed by atoms with Gasteiger partial charge in [-0.25, -0.2) is 0 Å². The van der Waals surface area contributed by atoms with Crippen molar-refractivity contribution in [3.05, 3.63) is 18.0 Å². The van der Waals surface area contributed by atoms with Crippen LogP contribution >= 0.6 is 24.0 Å². The van der Waals surface area contributed by atoms with Crippen LogP contribution in [0.15, 0.2) is 17.3 Å². The molecule has 0 saturated heterocycles. The lowest BCUT2D eigenvalue weighted by atomic mass is 10.1. The van der Waals surface area contributed by atoms with Crippen molar-refractivity contribution in [3.8, 4) is 0 Å². The Kier molecular flexibility index (Phi) is 10.5. The largest absolute Gasteiger partial charge is 0.354 e. The fourth-order valence-corrected chi connectivity index (χ4v) is 1.95. The highest BCUT2D eigenvalue weighted by Gasteiger charge is 2.05. The average molecular weight is 393 g/mol. The molecule has 1 aromatic rings. The van der Waals surface area contributed by atoms with Crippen molar-refractivity contribution in [3.63, 3.8) is 0 Å². The molecule has 1 rings (SSSR count). The molecule has 0 radical (unpaired) electrons. The summed E-state index contributed by atoms with van der Waals surface area (Å²) in [6.07, 6.45) is 6.82. The molecule has 0 bridgehead atoms. The Balaban J connectivity index is 0.00000361. The van der Waals surface area contributed by atoms with Crippen LogP contribution < -0.4 is 10.6 Å². The standard InChI is InChI=1S/C14H27N5.HI/c1-5-6-7-8-12(2)18-14(15-3)16-11-13-9-10-17-19(13)4;/h9-10,12H,5-8,11H2,1-4H3,(H2,15,16,18);1H. The Bertz CT molecular complexity index is 389. The predicted octanol–water partition coefficient (Wildman–Crippen LogP) is 2.67. The number of unbranched alkanes of at least 4 members (excludes halogenated alkanes) is 2. The van der Waals surface area contributed by atoms with Gasteiger partial charge in [0.15, 0.2) is 5.96 Å². The molecule has 0 aliphatic rings. The third kappa shape index (κ3) is 7.12. The van der Waals surface area contributed by atoms with Crippen molar-refractivity contribution in [2.24, 2.45) is 12.0 Å². The van der Waals surface area contributed by atoms with Crippen LogP contribution in [0.1, 0.15) is 45.2 Å². The monoisotopic (exact) mass is 393 g/mol. The van der Waals surface area contributed by atoms with E-state index in [0.29, 0.717) is 6.04 Å². The molecule has 2 N–H and O–H groups in total. The molecular formula is C14H28IN5. The molecule has 1 aromatic heterocycles. The highest BCUT2D eigenvalue weighted by molar-refractivity contribution is 14.0. The number of nitrogens with zero attached hydrogens (tertiary/aromatic N) is 3. The molecule has 5 nitrogen and oxygen atoms in total. The van der Waals surface area contributed by atoms with Crippen molar-refractivity contribution in [1.29, 1.82) is 0 Å². The van der Waals surface area contributed by atoms with Crippen LogP contribution in [0.2, 0.25) is 0 Å². The summed E-state index contributed by atoms with van der Waals surface area (Å²) in [7, 11) is 3.75. The van der Waals surface area contributed by atoms with E-state index in [4.69, 9.17) is 0 Å². The Labute approximate surface area is 139 Å². The van der Waals surface area contributed by atoms with Crippen LogP contribution in [-0.2, 0) is 13.6 Å². The SMILES string of the molecule is CCCCCC(C)NC(=NC)NCc1ccnn1C.I. The second-order valence-electron chi connectivity index (χ2n) is 4.91. The van der Waals surface area contributed by atoms with Gasteiger partial charge in [0.25, 0.3) is 0 Å². The Morgan fingerprint density at radius 1 is 1.45 bits per heavy atom. The van der Waals surface area contributed by atoms with Gasteiger partial charge in [0, 0.05) is 26.3 Å². The van der Waals surface area contributed by atoms with Crippen LogP contribution in [0.5, 0.6) is 0 Å². The zero-order valence-corrected chi connectivity index (χ0v) is 15.3. The molecule has 1 unspecified atom stereocenters. The van der Waals surface area contributed by atoms with Crippen molar-refractivity contribution in [1.82, 2.24) is 20.4 Å². The van der Waals surface area contributed by atoms with E-state index in [0.717, 1.165) is 18.2 Å². The van der Waals surface area contributed by atoms with Crippen molar-refractivity contribution in [2.45, 2.75) is 52.1 Å². The van der Waals surface area contributed by atoms with Gasteiger partial charge in [-0.1, -0.05) is 26.2 Å². The van der Waals surface area contributed by atoms with Crippen LogP contribution in [0, 0.1) is 0 Å². The molecule has 0 spiro atoms. The number of aliphatic imine (C=N–C) groups is 1. The maximum Gasteiger partial charge on any atom is 0.191 e. The van der Waals surface area contributed by atoms with Gasteiger partial charge in [-0.3, -0.25) is 9.67 Å².